The van der Waals surface area contributed by atoms with E-state index >= 15 is 0 Å². The van der Waals surface area contributed by atoms with Crippen LogP contribution in [0.1, 0.15) is 23.1 Å². The third kappa shape index (κ3) is 3.25. The van der Waals surface area contributed by atoms with Gasteiger partial charge in [-0.25, -0.2) is 8.78 Å². The Hall–Kier alpha value is -2.00. The summed E-state index contributed by atoms with van der Waals surface area (Å²) in [5.41, 5.74) is 4.26. The van der Waals surface area contributed by atoms with Crippen molar-refractivity contribution in [1.29, 1.82) is 0 Å². The van der Waals surface area contributed by atoms with E-state index in [1.807, 2.05) is 0 Å². The van der Waals surface area contributed by atoms with E-state index in [1.165, 1.54) is 16.7 Å². The Morgan fingerprint density at radius 1 is 1.05 bits per heavy atom. The van der Waals surface area contributed by atoms with Gasteiger partial charge in [-0.1, -0.05) is 48.0 Å². The van der Waals surface area contributed by atoms with Crippen LogP contribution in [0.3, 0.4) is 0 Å². The second kappa shape index (κ2) is 6.41. The molecule has 0 saturated carbocycles. The fourth-order valence-electron chi connectivity index (χ4n) is 2.80. The zero-order valence-corrected chi connectivity index (χ0v) is 12.7. The molecule has 2 aromatic carbocycles. The number of rotatable bonds is 3. The van der Waals surface area contributed by atoms with Gasteiger partial charge in [-0.05, 0) is 30.5 Å². The van der Waals surface area contributed by atoms with Gasteiger partial charge in [-0.15, -0.1) is 0 Å². The number of nitrogens with zero attached hydrogens (tertiary/aromatic N) is 1. The molecule has 0 saturated heterocycles. The first-order chi connectivity index (χ1) is 10.6. The standard InChI is InChI=1S/C19H19F2N/c1-14-5-7-15(8-6-14)16-9-11-22(12-10-16)13-17-3-2-4-18(20)19(17)21/h2-9H,10-13H2,1H3. The fourth-order valence-corrected chi connectivity index (χ4v) is 2.80. The van der Waals surface area contributed by atoms with E-state index in [-0.39, 0.29) is 0 Å². The van der Waals surface area contributed by atoms with Gasteiger partial charge in [-0.2, -0.15) is 0 Å². The summed E-state index contributed by atoms with van der Waals surface area (Å²) in [4.78, 5) is 2.13. The Bertz CT molecular complexity index is 689. The van der Waals surface area contributed by atoms with Gasteiger partial charge in [0, 0.05) is 25.2 Å². The zero-order chi connectivity index (χ0) is 15.5. The third-order valence-electron chi connectivity index (χ3n) is 4.14. The molecule has 1 nitrogen and oxygen atoms in total. The molecule has 0 spiro atoms. The SMILES string of the molecule is Cc1ccc(C2=CCN(Cc3cccc(F)c3F)CC2)cc1. The minimum absolute atomic E-state index is 0.423. The number of halogens is 2. The third-order valence-corrected chi connectivity index (χ3v) is 4.14. The Balaban J connectivity index is 1.68. The smallest absolute Gasteiger partial charge is 0.163 e. The normalized spacial score (nSPS) is 15.7. The molecular formula is C19H19F2N. The van der Waals surface area contributed by atoms with Crippen LogP contribution < -0.4 is 0 Å². The van der Waals surface area contributed by atoms with Gasteiger partial charge in [-0.3, -0.25) is 4.90 Å². The Morgan fingerprint density at radius 3 is 2.50 bits per heavy atom. The molecule has 3 rings (SSSR count). The minimum atomic E-state index is -0.773. The second-order valence-electron chi connectivity index (χ2n) is 5.79. The van der Waals surface area contributed by atoms with Gasteiger partial charge in [0.25, 0.3) is 0 Å². The molecule has 0 atom stereocenters. The molecule has 114 valence electrons. The van der Waals surface area contributed by atoms with E-state index in [2.05, 4.69) is 42.2 Å². The highest BCUT2D eigenvalue weighted by Gasteiger charge is 2.16. The summed E-state index contributed by atoms with van der Waals surface area (Å²) in [5.74, 6) is -1.50. The van der Waals surface area contributed by atoms with Gasteiger partial charge in [0.05, 0.1) is 0 Å². The van der Waals surface area contributed by atoms with E-state index in [9.17, 15) is 8.78 Å². The molecule has 0 amide bonds. The van der Waals surface area contributed by atoms with E-state index in [0.29, 0.717) is 12.1 Å². The largest absolute Gasteiger partial charge is 0.295 e. The van der Waals surface area contributed by atoms with Crippen molar-refractivity contribution in [3.8, 4) is 0 Å². The van der Waals surface area contributed by atoms with E-state index in [4.69, 9.17) is 0 Å². The van der Waals surface area contributed by atoms with Crippen LogP contribution in [0, 0.1) is 18.6 Å². The van der Waals surface area contributed by atoms with Gasteiger partial charge in [0.15, 0.2) is 11.6 Å². The lowest BCUT2D eigenvalue weighted by Crippen LogP contribution is -2.28. The molecule has 1 aliphatic rings. The Labute approximate surface area is 129 Å². The first-order valence-electron chi connectivity index (χ1n) is 7.55. The molecule has 0 radical (unpaired) electrons. The molecule has 0 aliphatic carbocycles. The highest BCUT2D eigenvalue weighted by Crippen LogP contribution is 2.24. The first-order valence-corrected chi connectivity index (χ1v) is 7.55. The molecule has 0 bridgehead atoms. The molecule has 22 heavy (non-hydrogen) atoms. The van der Waals surface area contributed by atoms with E-state index in [1.54, 1.807) is 12.1 Å². The van der Waals surface area contributed by atoms with Gasteiger partial charge >= 0.3 is 0 Å². The van der Waals surface area contributed by atoms with Crippen molar-refractivity contribution in [3.63, 3.8) is 0 Å². The van der Waals surface area contributed by atoms with Crippen molar-refractivity contribution < 1.29 is 8.78 Å². The van der Waals surface area contributed by atoms with Crippen molar-refractivity contribution in [3.05, 3.63) is 76.9 Å². The van der Waals surface area contributed by atoms with Crippen molar-refractivity contribution >= 4 is 5.57 Å². The number of aryl methyl sites for hydroxylation is 1. The van der Waals surface area contributed by atoms with Gasteiger partial charge < -0.3 is 0 Å². The summed E-state index contributed by atoms with van der Waals surface area (Å²) in [6.45, 7) is 4.14. The molecule has 1 heterocycles. The predicted octanol–water partition coefficient (Wildman–Crippen LogP) is 4.56. The molecule has 3 heteroatoms. The molecule has 0 unspecified atom stereocenters. The number of benzene rings is 2. The maximum Gasteiger partial charge on any atom is 0.163 e. The van der Waals surface area contributed by atoms with Crippen LogP contribution >= 0.6 is 0 Å². The number of hydrogen-bond donors (Lipinski definition) is 0. The first kappa shape index (κ1) is 14.9. The minimum Gasteiger partial charge on any atom is -0.295 e. The molecule has 0 N–H and O–H groups in total. The van der Waals surface area contributed by atoms with Crippen LogP contribution in [0.15, 0.2) is 48.5 Å². The molecule has 1 aliphatic heterocycles. The second-order valence-corrected chi connectivity index (χ2v) is 5.79. The lowest BCUT2D eigenvalue weighted by Gasteiger charge is -2.26. The van der Waals surface area contributed by atoms with Crippen molar-refractivity contribution in [2.24, 2.45) is 0 Å². The Morgan fingerprint density at radius 2 is 1.82 bits per heavy atom. The molecule has 0 fully saturated rings. The quantitative estimate of drug-likeness (QED) is 0.803. The average Bonchev–Trinajstić information content (AvgIpc) is 2.53. The van der Waals surface area contributed by atoms with E-state index < -0.39 is 11.6 Å². The van der Waals surface area contributed by atoms with E-state index in [0.717, 1.165) is 25.6 Å². The maximum atomic E-state index is 13.7. The van der Waals surface area contributed by atoms with Crippen LogP contribution in [0.2, 0.25) is 0 Å². The van der Waals surface area contributed by atoms with Crippen molar-refractivity contribution in [2.45, 2.75) is 19.9 Å². The van der Waals surface area contributed by atoms with Gasteiger partial charge in [0.1, 0.15) is 0 Å². The molecule has 2 aromatic rings. The fraction of sp³-hybridized carbons (Fsp3) is 0.263. The topological polar surface area (TPSA) is 3.24 Å². The van der Waals surface area contributed by atoms with Crippen LogP contribution in [0.5, 0.6) is 0 Å². The van der Waals surface area contributed by atoms with Crippen molar-refractivity contribution in [1.82, 2.24) is 4.90 Å². The zero-order valence-electron chi connectivity index (χ0n) is 12.7. The van der Waals surface area contributed by atoms with Crippen LogP contribution in [-0.4, -0.2) is 18.0 Å². The molecule has 0 aromatic heterocycles. The molecular weight excluding hydrogens is 280 g/mol. The summed E-state index contributed by atoms with van der Waals surface area (Å²) in [6, 6.07) is 12.9. The van der Waals surface area contributed by atoms with Crippen LogP contribution in [-0.2, 0) is 6.54 Å². The van der Waals surface area contributed by atoms with Gasteiger partial charge in [0.2, 0.25) is 0 Å². The predicted molar refractivity (Wildman–Crippen MR) is 85.4 cm³/mol. The summed E-state index contributed by atoms with van der Waals surface area (Å²) >= 11 is 0. The lowest BCUT2D eigenvalue weighted by atomic mass is 9.98. The summed E-state index contributed by atoms with van der Waals surface area (Å²) in [5, 5.41) is 0. The maximum absolute atomic E-state index is 13.7. The summed E-state index contributed by atoms with van der Waals surface area (Å²) < 4.78 is 27.0. The highest BCUT2D eigenvalue weighted by molar-refractivity contribution is 5.66. The van der Waals surface area contributed by atoms with Crippen molar-refractivity contribution in [2.75, 3.05) is 13.1 Å². The highest BCUT2D eigenvalue weighted by atomic mass is 19.2. The average molecular weight is 299 g/mol. The monoisotopic (exact) mass is 299 g/mol. The van der Waals surface area contributed by atoms with Crippen LogP contribution in [0.4, 0.5) is 8.78 Å². The Kier molecular flexibility index (Phi) is 4.34. The summed E-state index contributed by atoms with van der Waals surface area (Å²) in [7, 11) is 0. The lowest BCUT2D eigenvalue weighted by molar-refractivity contribution is 0.287. The number of hydrogen-bond acceptors (Lipinski definition) is 1. The summed E-state index contributed by atoms with van der Waals surface area (Å²) in [6.07, 6.45) is 3.12. The van der Waals surface area contributed by atoms with Crippen LogP contribution in [0.25, 0.3) is 5.57 Å².